The van der Waals surface area contributed by atoms with E-state index in [4.69, 9.17) is 11.6 Å². The molecular weight excluding hydrogens is 455 g/mol. The molecule has 1 atom stereocenters. The highest BCUT2D eigenvalue weighted by molar-refractivity contribution is 7.91. The highest BCUT2D eigenvalue weighted by Gasteiger charge is 2.41. The van der Waals surface area contributed by atoms with E-state index in [9.17, 15) is 26.4 Å². The van der Waals surface area contributed by atoms with Gasteiger partial charge in [0.15, 0.2) is 15.5 Å². The molecular formula is C20H15ClF3N3O3S. The number of hydrogen-bond donors (Lipinski definition) is 1. The molecule has 1 unspecified atom stereocenters. The van der Waals surface area contributed by atoms with E-state index < -0.39 is 39.2 Å². The molecule has 2 aromatic carbocycles. The van der Waals surface area contributed by atoms with Crippen molar-refractivity contribution in [2.24, 2.45) is 0 Å². The summed E-state index contributed by atoms with van der Waals surface area (Å²) in [7, 11) is -3.50. The fourth-order valence-corrected chi connectivity index (χ4v) is 5.29. The van der Waals surface area contributed by atoms with Crippen molar-refractivity contribution in [2.75, 3.05) is 5.75 Å². The SMILES string of the molecule is O=C(NC1CCS(=O)(=O)c2ccccc21)c1cnn(-c2ccc(Cl)cc2)c1C(F)(F)F. The third kappa shape index (κ3) is 4.05. The monoisotopic (exact) mass is 469 g/mol. The molecule has 1 amide bonds. The average molecular weight is 470 g/mol. The number of halogens is 4. The first-order valence-corrected chi connectivity index (χ1v) is 11.1. The number of amides is 1. The van der Waals surface area contributed by atoms with E-state index in [0.29, 0.717) is 15.3 Å². The molecule has 1 N–H and O–H groups in total. The van der Waals surface area contributed by atoms with Crippen LogP contribution in [0.3, 0.4) is 0 Å². The van der Waals surface area contributed by atoms with Gasteiger partial charge in [0.25, 0.3) is 5.91 Å². The standard InChI is InChI=1S/C20H15ClF3N3O3S/c21-12-5-7-13(8-6-12)27-18(20(22,23)24)15(11-25-27)19(28)26-16-9-10-31(29,30)17-4-2-1-3-14(16)17/h1-8,11,16H,9-10H2,(H,26,28). The van der Waals surface area contributed by atoms with E-state index in [1.807, 2.05) is 0 Å². The van der Waals surface area contributed by atoms with Crippen LogP contribution in [0.25, 0.3) is 5.69 Å². The van der Waals surface area contributed by atoms with E-state index in [-0.39, 0.29) is 22.8 Å². The van der Waals surface area contributed by atoms with Crippen molar-refractivity contribution in [1.82, 2.24) is 15.1 Å². The number of carbonyl (C=O) groups excluding carboxylic acids is 1. The van der Waals surface area contributed by atoms with Gasteiger partial charge in [0.05, 0.1) is 34.1 Å². The Morgan fingerprint density at radius 1 is 1.13 bits per heavy atom. The van der Waals surface area contributed by atoms with Gasteiger partial charge < -0.3 is 5.32 Å². The van der Waals surface area contributed by atoms with Crippen molar-refractivity contribution < 1.29 is 26.4 Å². The van der Waals surface area contributed by atoms with Crippen LogP contribution in [0.15, 0.2) is 59.6 Å². The van der Waals surface area contributed by atoms with Gasteiger partial charge in [0.1, 0.15) is 0 Å². The Bertz CT molecular complexity index is 1250. The van der Waals surface area contributed by atoms with Gasteiger partial charge in [-0.15, -0.1) is 0 Å². The smallest absolute Gasteiger partial charge is 0.345 e. The first-order valence-electron chi connectivity index (χ1n) is 9.11. The topological polar surface area (TPSA) is 81.1 Å². The molecule has 11 heteroatoms. The van der Waals surface area contributed by atoms with E-state index in [1.165, 1.54) is 30.3 Å². The van der Waals surface area contributed by atoms with E-state index in [1.54, 1.807) is 18.2 Å². The number of sulfone groups is 1. The van der Waals surface area contributed by atoms with Crippen molar-refractivity contribution in [2.45, 2.75) is 23.5 Å². The first kappa shape index (κ1) is 21.4. The second kappa shape index (κ2) is 7.69. The number of fused-ring (bicyclic) bond motifs is 1. The summed E-state index contributed by atoms with van der Waals surface area (Å²) in [6.07, 6.45) is -3.97. The molecule has 1 aliphatic heterocycles. The van der Waals surface area contributed by atoms with E-state index >= 15 is 0 Å². The van der Waals surface area contributed by atoms with E-state index in [0.717, 1.165) is 6.20 Å². The van der Waals surface area contributed by atoms with E-state index in [2.05, 4.69) is 10.4 Å². The highest BCUT2D eigenvalue weighted by Crippen LogP contribution is 2.35. The van der Waals surface area contributed by atoms with Gasteiger partial charge in [-0.2, -0.15) is 18.3 Å². The molecule has 6 nitrogen and oxygen atoms in total. The molecule has 0 aliphatic carbocycles. The molecule has 0 bridgehead atoms. The van der Waals surface area contributed by atoms with Crippen molar-refractivity contribution >= 4 is 27.3 Å². The molecule has 0 saturated heterocycles. The highest BCUT2D eigenvalue weighted by atomic mass is 35.5. The lowest BCUT2D eigenvalue weighted by Crippen LogP contribution is -2.34. The van der Waals surface area contributed by atoms with Gasteiger partial charge in [-0.1, -0.05) is 29.8 Å². The third-order valence-electron chi connectivity index (χ3n) is 4.96. The number of carbonyl (C=O) groups is 1. The fourth-order valence-electron chi connectivity index (χ4n) is 3.54. The average Bonchev–Trinajstić information content (AvgIpc) is 3.17. The number of alkyl halides is 3. The van der Waals surface area contributed by atoms with Gasteiger partial charge >= 0.3 is 6.18 Å². The molecule has 0 radical (unpaired) electrons. The maximum atomic E-state index is 13.8. The van der Waals surface area contributed by atoms with Crippen molar-refractivity contribution in [1.29, 1.82) is 0 Å². The number of aromatic nitrogens is 2. The maximum Gasteiger partial charge on any atom is 0.434 e. The Hall–Kier alpha value is -2.85. The van der Waals surface area contributed by atoms with Crippen LogP contribution in [0.2, 0.25) is 5.02 Å². The van der Waals surface area contributed by atoms with Gasteiger partial charge in [0.2, 0.25) is 0 Å². The van der Waals surface area contributed by atoms with Crippen LogP contribution in [0, 0.1) is 0 Å². The molecule has 1 aliphatic rings. The molecule has 3 aromatic rings. The van der Waals surface area contributed by atoms with Crippen LogP contribution in [-0.4, -0.2) is 29.9 Å². The number of nitrogens with one attached hydrogen (secondary N) is 1. The van der Waals surface area contributed by atoms with Gasteiger partial charge in [-0.25, -0.2) is 13.1 Å². The zero-order valence-corrected chi connectivity index (χ0v) is 17.3. The molecule has 4 rings (SSSR count). The summed E-state index contributed by atoms with van der Waals surface area (Å²) in [5, 5.41) is 6.64. The third-order valence-corrected chi connectivity index (χ3v) is 7.03. The fraction of sp³-hybridized carbons (Fsp3) is 0.200. The second-order valence-electron chi connectivity index (χ2n) is 6.96. The normalized spacial score (nSPS) is 17.7. The number of nitrogens with zero attached hydrogens (tertiary/aromatic N) is 2. The number of hydrogen-bond acceptors (Lipinski definition) is 4. The zero-order chi connectivity index (χ0) is 22.4. The molecule has 0 spiro atoms. The number of rotatable bonds is 3. The Balaban J connectivity index is 1.71. The lowest BCUT2D eigenvalue weighted by molar-refractivity contribution is -0.143. The van der Waals surface area contributed by atoms with Crippen LogP contribution in [-0.2, 0) is 16.0 Å². The minimum Gasteiger partial charge on any atom is -0.345 e. The second-order valence-corrected chi connectivity index (χ2v) is 9.48. The molecule has 2 heterocycles. The van der Waals surface area contributed by atoms with Crippen molar-refractivity contribution in [3.8, 4) is 5.69 Å². The Kier molecular flexibility index (Phi) is 5.30. The van der Waals surface area contributed by atoms with Crippen molar-refractivity contribution in [3.05, 3.63) is 76.6 Å². The zero-order valence-electron chi connectivity index (χ0n) is 15.7. The maximum absolute atomic E-state index is 13.8. The summed E-state index contributed by atoms with van der Waals surface area (Å²) in [5.74, 6) is -1.21. The van der Waals surface area contributed by atoms with Crippen LogP contribution in [0.4, 0.5) is 13.2 Å². The Morgan fingerprint density at radius 3 is 2.48 bits per heavy atom. The summed E-state index contributed by atoms with van der Waals surface area (Å²) in [6.45, 7) is 0. The Morgan fingerprint density at radius 2 is 1.81 bits per heavy atom. The minimum absolute atomic E-state index is 0.0533. The summed E-state index contributed by atoms with van der Waals surface area (Å²) in [6, 6.07) is 10.9. The lowest BCUT2D eigenvalue weighted by Gasteiger charge is -2.26. The summed E-state index contributed by atoms with van der Waals surface area (Å²) in [5.41, 5.74) is -1.46. The Labute approximate surface area is 180 Å². The van der Waals surface area contributed by atoms with Crippen LogP contribution in [0.5, 0.6) is 0 Å². The van der Waals surface area contributed by atoms with Crippen LogP contribution < -0.4 is 5.32 Å². The quantitative estimate of drug-likeness (QED) is 0.623. The lowest BCUT2D eigenvalue weighted by atomic mass is 10.0. The summed E-state index contributed by atoms with van der Waals surface area (Å²) < 4.78 is 66.7. The predicted molar refractivity (Wildman–Crippen MR) is 107 cm³/mol. The predicted octanol–water partition coefficient (Wildman–Crippen LogP) is 4.19. The molecule has 0 saturated carbocycles. The van der Waals surface area contributed by atoms with Gasteiger partial charge in [-0.3, -0.25) is 4.79 Å². The molecule has 162 valence electrons. The number of benzene rings is 2. The molecule has 0 fully saturated rings. The molecule has 31 heavy (non-hydrogen) atoms. The van der Waals surface area contributed by atoms with Crippen LogP contribution >= 0.6 is 11.6 Å². The van der Waals surface area contributed by atoms with Gasteiger partial charge in [-0.05, 0) is 42.3 Å². The first-order chi connectivity index (χ1) is 14.6. The minimum atomic E-state index is -4.86. The van der Waals surface area contributed by atoms with Crippen LogP contribution in [0.1, 0.15) is 34.1 Å². The largest absolute Gasteiger partial charge is 0.434 e. The summed E-state index contributed by atoms with van der Waals surface area (Å²) >= 11 is 5.80. The van der Waals surface area contributed by atoms with Crippen molar-refractivity contribution in [3.63, 3.8) is 0 Å². The summed E-state index contributed by atoms with van der Waals surface area (Å²) in [4.78, 5) is 12.9. The molecule has 1 aromatic heterocycles. The van der Waals surface area contributed by atoms with Gasteiger partial charge in [0, 0.05) is 5.02 Å².